The first-order valence-corrected chi connectivity index (χ1v) is 23.1. The highest BCUT2D eigenvalue weighted by Gasteiger charge is 2.19. The molecule has 0 aliphatic heterocycles. The van der Waals surface area contributed by atoms with Crippen molar-refractivity contribution in [2.45, 2.75) is 207 Å². The van der Waals surface area contributed by atoms with E-state index in [2.05, 4.69) is 106 Å². The Balaban J connectivity index is 4.49. The van der Waals surface area contributed by atoms with Crippen LogP contribution in [0.2, 0.25) is 0 Å². The lowest BCUT2D eigenvalue weighted by Gasteiger charge is -2.18. The van der Waals surface area contributed by atoms with Crippen molar-refractivity contribution in [3.63, 3.8) is 0 Å². The van der Waals surface area contributed by atoms with Gasteiger partial charge in [0.15, 0.2) is 6.10 Å². The lowest BCUT2D eigenvalue weighted by Crippen LogP contribution is -2.30. The van der Waals surface area contributed by atoms with E-state index >= 15 is 0 Å². The molecule has 0 aliphatic rings. The van der Waals surface area contributed by atoms with E-state index in [1.165, 1.54) is 44.9 Å². The van der Waals surface area contributed by atoms with Crippen LogP contribution in [0.25, 0.3) is 0 Å². The lowest BCUT2D eigenvalue weighted by atomic mass is 10.1. The van der Waals surface area contributed by atoms with Crippen LogP contribution in [0.15, 0.2) is 85.1 Å². The molecule has 0 heterocycles. The summed E-state index contributed by atoms with van der Waals surface area (Å²) in [6.07, 6.45) is 57.1. The molecule has 0 rings (SSSR count). The van der Waals surface area contributed by atoms with Crippen molar-refractivity contribution in [1.82, 2.24) is 0 Å². The standard InChI is InChI=1S/C51H84O6/c1-4-7-10-13-16-19-22-24-25-26-27-30-32-35-38-41-44-50(53)56-47-48(46-55-49(52)43-40-37-34-31-28-21-18-15-12-9-6-3)57-51(54)45-42-39-36-33-29-23-20-17-14-11-8-5-2/h7,10,15-21,24-25,27-28,30,48H,4-6,8-9,11-14,22-23,26,29,31-47H2,1-3H3/b10-7-,18-15-,19-16-,20-17-,25-24-,28-21-,30-27-. The SMILES string of the molecule is CC/C=C\C/C=C\C/C=C\C/C=C\CCCCCC(=O)OCC(COC(=O)CCCCC/C=C\C=C/CCCC)OC(=O)CCCCCCC/C=C\CCCCC. The van der Waals surface area contributed by atoms with Crippen LogP contribution < -0.4 is 0 Å². The molecule has 0 aromatic rings. The van der Waals surface area contributed by atoms with Gasteiger partial charge in [0.2, 0.25) is 0 Å². The fourth-order valence-corrected chi connectivity index (χ4v) is 5.87. The molecule has 0 fully saturated rings. The van der Waals surface area contributed by atoms with Gasteiger partial charge >= 0.3 is 17.9 Å². The van der Waals surface area contributed by atoms with Gasteiger partial charge in [-0.3, -0.25) is 14.4 Å². The lowest BCUT2D eigenvalue weighted by molar-refractivity contribution is -0.167. The topological polar surface area (TPSA) is 78.9 Å². The highest BCUT2D eigenvalue weighted by Crippen LogP contribution is 2.12. The number of carbonyl (C=O) groups excluding carboxylic acids is 3. The predicted octanol–water partition coefficient (Wildman–Crippen LogP) is 14.9. The molecule has 0 saturated carbocycles. The van der Waals surface area contributed by atoms with Crippen LogP contribution in [0.5, 0.6) is 0 Å². The van der Waals surface area contributed by atoms with E-state index in [0.717, 1.165) is 116 Å². The molecule has 57 heavy (non-hydrogen) atoms. The molecule has 6 nitrogen and oxygen atoms in total. The minimum Gasteiger partial charge on any atom is -0.462 e. The second-order valence-electron chi connectivity index (χ2n) is 14.9. The van der Waals surface area contributed by atoms with Crippen molar-refractivity contribution in [3.05, 3.63) is 85.1 Å². The van der Waals surface area contributed by atoms with E-state index in [1.807, 2.05) is 0 Å². The predicted molar refractivity (Wildman–Crippen MR) is 242 cm³/mol. The molecule has 324 valence electrons. The molecular formula is C51H84O6. The number of allylic oxidation sites excluding steroid dienone is 14. The highest BCUT2D eigenvalue weighted by molar-refractivity contribution is 5.71. The first kappa shape index (κ1) is 53.6. The molecule has 0 spiro atoms. The zero-order chi connectivity index (χ0) is 41.5. The molecule has 0 aliphatic carbocycles. The molecule has 1 unspecified atom stereocenters. The van der Waals surface area contributed by atoms with Gasteiger partial charge in [0.25, 0.3) is 0 Å². The summed E-state index contributed by atoms with van der Waals surface area (Å²) in [5, 5.41) is 0. The van der Waals surface area contributed by atoms with E-state index in [9.17, 15) is 14.4 Å². The molecular weight excluding hydrogens is 709 g/mol. The molecule has 0 aromatic carbocycles. The summed E-state index contributed by atoms with van der Waals surface area (Å²) in [6, 6.07) is 0. The van der Waals surface area contributed by atoms with Crippen molar-refractivity contribution < 1.29 is 28.6 Å². The summed E-state index contributed by atoms with van der Waals surface area (Å²) in [6.45, 7) is 6.36. The van der Waals surface area contributed by atoms with E-state index in [0.29, 0.717) is 19.3 Å². The van der Waals surface area contributed by atoms with Crippen LogP contribution >= 0.6 is 0 Å². The average molecular weight is 793 g/mol. The second kappa shape index (κ2) is 45.3. The Bertz CT molecular complexity index is 1140. The summed E-state index contributed by atoms with van der Waals surface area (Å²) in [5.41, 5.74) is 0. The van der Waals surface area contributed by atoms with E-state index in [-0.39, 0.29) is 31.1 Å². The fraction of sp³-hybridized carbons (Fsp3) is 0.667. The van der Waals surface area contributed by atoms with Gasteiger partial charge in [-0.05, 0) is 103 Å². The van der Waals surface area contributed by atoms with Crippen molar-refractivity contribution in [3.8, 4) is 0 Å². The van der Waals surface area contributed by atoms with Crippen LogP contribution in [-0.2, 0) is 28.6 Å². The number of hydrogen-bond donors (Lipinski definition) is 0. The number of hydrogen-bond acceptors (Lipinski definition) is 6. The van der Waals surface area contributed by atoms with Gasteiger partial charge in [0.1, 0.15) is 13.2 Å². The molecule has 0 aromatic heterocycles. The summed E-state index contributed by atoms with van der Waals surface area (Å²) < 4.78 is 16.6. The van der Waals surface area contributed by atoms with Crippen molar-refractivity contribution >= 4 is 17.9 Å². The number of ether oxygens (including phenoxy) is 3. The first-order chi connectivity index (χ1) is 28.0. The molecule has 0 N–H and O–H groups in total. The summed E-state index contributed by atoms with van der Waals surface area (Å²) >= 11 is 0. The number of esters is 3. The smallest absolute Gasteiger partial charge is 0.306 e. The van der Waals surface area contributed by atoms with Crippen LogP contribution in [0.4, 0.5) is 0 Å². The molecule has 0 saturated heterocycles. The molecule has 0 amide bonds. The molecule has 6 heteroatoms. The van der Waals surface area contributed by atoms with Crippen LogP contribution in [-0.4, -0.2) is 37.2 Å². The maximum atomic E-state index is 12.7. The van der Waals surface area contributed by atoms with Crippen LogP contribution in [0, 0.1) is 0 Å². The van der Waals surface area contributed by atoms with Gasteiger partial charge in [0.05, 0.1) is 0 Å². The number of rotatable bonds is 40. The van der Waals surface area contributed by atoms with Crippen molar-refractivity contribution in [2.75, 3.05) is 13.2 Å². The third-order valence-electron chi connectivity index (χ3n) is 9.38. The molecule has 0 radical (unpaired) electrons. The van der Waals surface area contributed by atoms with Crippen molar-refractivity contribution in [1.29, 1.82) is 0 Å². The monoisotopic (exact) mass is 793 g/mol. The van der Waals surface area contributed by atoms with E-state index < -0.39 is 6.10 Å². The quantitative estimate of drug-likeness (QED) is 0.0202. The Morgan fingerprint density at radius 2 is 0.754 bits per heavy atom. The largest absolute Gasteiger partial charge is 0.462 e. The Morgan fingerprint density at radius 1 is 0.386 bits per heavy atom. The minimum absolute atomic E-state index is 0.105. The van der Waals surface area contributed by atoms with Gasteiger partial charge in [-0.15, -0.1) is 0 Å². The number of carbonyl (C=O) groups is 3. The second-order valence-corrected chi connectivity index (χ2v) is 14.9. The summed E-state index contributed by atoms with van der Waals surface area (Å²) in [4.78, 5) is 37.7. The molecule has 1 atom stereocenters. The third-order valence-corrected chi connectivity index (χ3v) is 9.38. The van der Waals surface area contributed by atoms with Gasteiger partial charge in [0, 0.05) is 19.3 Å². The molecule has 0 bridgehead atoms. The average Bonchev–Trinajstić information content (AvgIpc) is 3.21. The van der Waals surface area contributed by atoms with Gasteiger partial charge in [-0.1, -0.05) is 164 Å². The third kappa shape index (κ3) is 43.6. The minimum atomic E-state index is -0.803. The van der Waals surface area contributed by atoms with Gasteiger partial charge in [-0.25, -0.2) is 0 Å². The Hall–Kier alpha value is -3.41. The first-order valence-electron chi connectivity index (χ1n) is 23.1. The van der Waals surface area contributed by atoms with Gasteiger partial charge < -0.3 is 14.2 Å². The number of unbranched alkanes of at least 4 members (excludes halogenated alkanes) is 16. The normalized spacial score (nSPS) is 12.8. The summed E-state index contributed by atoms with van der Waals surface area (Å²) in [7, 11) is 0. The van der Waals surface area contributed by atoms with Crippen LogP contribution in [0.3, 0.4) is 0 Å². The summed E-state index contributed by atoms with van der Waals surface area (Å²) in [5.74, 6) is -0.980. The maximum absolute atomic E-state index is 12.7. The van der Waals surface area contributed by atoms with Gasteiger partial charge in [-0.2, -0.15) is 0 Å². The Labute approximate surface area is 350 Å². The zero-order valence-electron chi connectivity index (χ0n) is 36.8. The van der Waals surface area contributed by atoms with E-state index in [4.69, 9.17) is 14.2 Å². The zero-order valence-corrected chi connectivity index (χ0v) is 36.8. The van der Waals surface area contributed by atoms with Crippen molar-refractivity contribution in [2.24, 2.45) is 0 Å². The Kier molecular flexibility index (Phi) is 42.6. The van der Waals surface area contributed by atoms with E-state index in [1.54, 1.807) is 0 Å². The van der Waals surface area contributed by atoms with Crippen LogP contribution in [0.1, 0.15) is 201 Å². The maximum Gasteiger partial charge on any atom is 0.306 e. The fourth-order valence-electron chi connectivity index (χ4n) is 5.87. The Morgan fingerprint density at radius 3 is 1.26 bits per heavy atom. The highest BCUT2D eigenvalue weighted by atomic mass is 16.6.